The van der Waals surface area contributed by atoms with Crippen LogP contribution < -0.4 is 5.32 Å². The number of esters is 1. The Morgan fingerprint density at radius 1 is 1.69 bits per heavy atom. The summed E-state index contributed by atoms with van der Waals surface area (Å²) in [5, 5.41) is 5.47. The van der Waals surface area contributed by atoms with Crippen molar-refractivity contribution < 1.29 is 9.53 Å². The maximum absolute atomic E-state index is 11.3. The van der Waals surface area contributed by atoms with Gasteiger partial charge in [-0.25, -0.2) is 4.98 Å². The van der Waals surface area contributed by atoms with Gasteiger partial charge in [-0.2, -0.15) is 0 Å². The van der Waals surface area contributed by atoms with E-state index >= 15 is 0 Å². The van der Waals surface area contributed by atoms with Crippen molar-refractivity contribution in [3.8, 4) is 0 Å². The zero-order valence-electron chi connectivity index (χ0n) is 9.36. The molecule has 0 aliphatic heterocycles. The Labute approximate surface area is 99.0 Å². The van der Waals surface area contributed by atoms with Crippen molar-refractivity contribution in [2.45, 2.75) is 37.8 Å². The SMILES string of the molecule is COC(=O)CC1(NCc2cscn2)CCC1. The summed E-state index contributed by atoms with van der Waals surface area (Å²) in [7, 11) is 1.44. The van der Waals surface area contributed by atoms with E-state index in [1.54, 1.807) is 11.3 Å². The first kappa shape index (κ1) is 11.5. The van der Waals surface area contributed by atoms with Crippen molar-refractivity contribution in [1.29, 1.82) is 0 Å². The van der Waals surface area contributed by atoms with Gasteiger partial charge in [0.05, 0.1) is 24.7 Å². The van der Waals surface area contributed by atoms with Crippen molar-refractivity contribution in [2.75, 3.05) is 7.11 Å². The van der Waals surface area contributed by atoms with Crippen LogP contribution in [0.1, 0.15) is 31.4 Å². The van der Waals surface area contributed by atoms with Crippen molar-refractivity contribution in [2.24, 2.45) is 0 Å². The standard InChI is InChI=1S/C11H16N2O2S/c1-15-10(14)5-11(3-2-4-11)13-6-9-7-16-8-12-9/h7-8,13H,2-6H2,1H3. The smallest absolute Gasteiger partial charge is 0.307 e. The Morgan fingerprint density at radius 2 is 2.50 bits per heavy atom. The summed E-state index contributed by atoms with van der Waals surface area (Å²) in [5.41, 5.74) is 2.82. The lowest BCUT2D eigenvalue weighted by Crippen LogP contribution is -2.52. The lowest BCUT2D eigenvalue weighted by atomic mass is 9.74. The number of methoxy groups -OCH3 is 1. The molecule has 0 bridgehead atoms. The Morgan fingerprint density at radius 3 is 3.00 bits per heavy atom. The zero-order chi connectivity index (χ0) is 11.4. The van der Waals surface area contributed by atoms with E-state index in [-0.39, 0.29) is 11.5 Å². The molecule has 0 atom stereocenters. The molecule has 4 nitrogen and oxygen atoms in total. The fraction of sp³-hybridized carbons (Fsp3) is 0.636. The third-order valence-electron chi connectivity index (χ3n) is 3.15. The van der Waals surface area contributed by atoms with E-state index in [1.165, 1.54) is 13.5 Å². The maximum atomic E-state index is 11.3. The van der Waals surface area contributed by atoms with Crippen LogP contribution in [0, 0.1) is 0 Å². The van der Waals surface area contributed by atoms with Gasteiger partial charge in [0.1, 0.15) is 0 Å². The molecule has 1 aliphatic rings. The molecule has 1 aromatic rings. The first-order valence-corrected chi connectivity index (χ1v) is 6.37. The van der Waals surface area contributed by atoms with E-state index in [4.69, 9.17) is 4.74 Å². The van der Waals surface area contributed by atoms with Gasteiger partial charge >= 0.3 is 5.97 Å². The second-order valence-electron chi connectivity index (χ2n) is 4.22. The second-order valence-corrected chi connectivity index (χ2v) is 4.94. The Hall–Kier alpha value is -0.940. The quantitative estimate of drug-likeness (QED) is 0.796. The van der Waals surface area contributed by atoms with Crippen LogP contribution in [-0.4, -0.2) is 23.6 Å². The number of thiazole rings is 1. The van der Waals surface area contributed by atoms with Gasteiger partial charge in [-0.15, -0.1) is 11.3 Å². The summed E-state index contributed by atoms with van der Waals surface area (Å²) in [5.74, 6) is -0.134. The fourth-order valence-corrected chi connectivity index (χ4v) is 2.53. The highest BCUT2D eigenvalue weighted by Crippen LogP contribution is 2.35. The summed E-state index contributed by atoms with van der Waals surface area (Å²) in [6.07, 6.45) is 3.74. The average Bonchev–Trinajstić information content (AvgIpc) is 2.74. The predicted molar refractivity (Wildman–Crippen MR) is 62.2 cm³/mol. The van der Waals surface area contributed by atoms with Crippen LogP contribution >= 0.6 is 11.3 Å². The molecule has 0 saturated heterocycles. The van der Waals surface area contributed by atoms with E-state index < -0.39 is 0 Å². The molecule has 0 spiro atoms. The van der Waals surface area contributed by atoms with Gasteiger partial charge in [0, 0.05) is 17.5 Å². The molecule has 1 heterocycles. The zero-order valence-corrected chi connectivity index (χ0v) is 10.2. The number of nitrogens with zero attached hydrogens (tertiary/aromatic N) is 1. The Bertz CT molecular complexity index is 347. The summed E-state index contributed by atoms with van der Waals surface area (Å²) in [6, 6.07) is 0. The lowest BCUT2D eigenvalue weighted by Gasteiger charge is -2.42. The molecule has 5 heteroatoms. The molecular weight excluding hydrogens is 224 g/mol. The number of aromatic nitrogens is 1. The molecule has 0 unspecified atom stereocenters. The largest absolute Gasteiger partial charge is 0.469 e. The molecule has 0 amide bonds. The topological polar surface area (TPSA) is 51.2 Å². The number of rotatable bonds is 5. The lowest BCUT2D eigenvalue weighted by molar-refractivity contribution is -0.143. The van der Waals surface area contributed by atoms with E-state index in [0.717, 1.165) is 25.1 Å². The molecule has 0 radical (unpaired) electrons. The van der Waals surface area contributed by atoms with Crippen LogP contribution in [0.4, 0.5) is 0 Å². The molecular formula is C11H16N2O2S. The molecule has 1 saturated carbocycles. The Balaban J connectivity index is 1.87. The summed E-state index contributed by atoms with van der Waals surface area (Å²) in [4.78, 5) is 15.5. The van der Waals surface area contributed by atoms with E-state index in [2.05, 4.69) is 10.3 Å². The van der Waals surface area contributed by atoms with Gasteiger partial charge in [0.25, 0.3) is 0 Å². The summed E-state index contributed by atoms with van der Waals surface area (Å²) in [6.45, 7) is 0.737. The van der Waals surface area contributed by atoms with Gasteiger partial charge in [-0.3, -0.25) is 4.79 Å². The normalized spacial score (nSPS) is 17.8. The highest BCUT2D eigenvalue weighted by molar-refractivity contribution is 7.07. The van der Waals surface area contributed by atoms with E-state index in [1.807, 2.05) is 10.9 Å². The van der Waals surface area contributed by atoms with Crippen molar-refractivity contribution in [3.05, 3.63) is 16.6 Å². The number of nitrogens with one attached hydrogen (secondary N) is 1. The van der Waals surface area contributed by atoms with Crippen LogP contribution in [0.25, 0.3) is 0 Å². The maximum Gasteiger partial charge on any atom is 0.307 e. The average molecular weight is 240 g/mol. The highest BCUT2D eigenvalue weighted by Gasteiger charge is 2.38. The van der Waals surface area contributed by atoms with E-state index in [0.29, 0.717) is 6.42 Å². The van der Waals surface area contributed by atoms with Crippen LogP contribution in [0.15, 0.2) is 10.9 Å². The summed E-state index contributed by atoms with van der Waals surface area (Å²) >= 11 is 1.59. The number of carbonyl (C=O) groups excluding carboxylic acids is 1. The fourth-order valence-electron chi connectivity index (χ4n) is 1.97. The Kier molecular flexibility index (Phi) is 3.56. The first-order chi connectivity index (χ1) is 7.74. The molecule has 88 valence electrons. The van der Waals surface area contributed by atoms with E-state index in [9.17, 15) is 4.79 Å². The minimum atomic E-state index is -0.134. The van der Waals surface area contributed by atoms with Crippen LogP contribution in [0.2, 0.25) is 0 Å². The van der Waals surface area contributed by atoms with Crippen molar-refractivity contribution in [3.63, 3.8) is 0 Å². The monoisotopic (exact) mass is 240 g/mol. The molecule has 0 aromatic carbocycles. The van der Waals surface area contributed by atoms with Crippen molar-refractivity contribution in [1.82, 2.24) is 10.3 Å². The molecule has 1 aromatic heterocycles. The number of carbonyl (C=O) groups is 1. The van der Waals surface area contributed by atoms with Gasteiger partial charge in [0.15, 0.2) is 0 Å². The number of ether oxygens (including phenoxy) is 1. The number of hydrogen-bond acceptors (Lipinski definition) is 5. The third-order valence-corrected chi connectivity index (χ3v) is 3.78. The predicted octanol–water partition coefficient (Wildman–Crippen LogP) is 1.72. The molecule has 2 rings (SSSR count). The van der Waals surface area contributed by atoms with Gasteiger partial charge < -0.3 is 10.1 Å². The molecule has 1 N–H and O–H groups in total. The van der Waals surface area contributed by atoms with Gasteiger partial charge in [0.2, 0.25) is 0 Å². The van der Waals surface area contributed by atoms with Crippen molar-refractivity contribution >= 4 is 17.3 Å². The van der Waals surface area contributed by atoms with Crippen LogP contribution in [-0.2, 0) is 16.1 Å². The molecule has 1 fully saturated rings. The summed E-state index contributed by atoms with van der Waals surface area (Å²) < 4.78 is 4.73. The highest BCUT2D eigenvalue weighted by atomic mass is 32.1. The second kappa shape index (κ2) is 4.93. The minimum absolute atomic E-state index is 0.0449. The molecule has 1 aliphatic carbocycles. The van der Waals surface area contributed by atoms with Crippen LogP contribution in [0.5, 0.6) is 0 Å². The minimum Gasteiger partial charge on any atom is -0.469 e. The first-order valence-electron chi connectivity index (χ1n) is 5.43. The third kappa shape index (κ3) is 2.59. The number of hydrogen-bond donors (Lipinski definition) is 1. The van der Waals surface area contributed by atoms with Gasteiger partial charge in [-0.1, -0.05) is 0 Å². The van der Waals surface area contributed by atoms with Gasteiger partial charge in [-0.05, 0) is 19.3 Å². The van der Waals surface area contributed by atoms with Crippen LogP contribution in [0.3, 0.4) is 0 Å². The molecule has 16 heavy (non-hydrogen) atoms.